The molecule has 0 saturated carbocycles. The Labute approximate surface area is 170 Å². The summed E-state index contributed by atoms with van der Waals surface area (Å²) in [4.78, 5) is 42.2. The Morgan fingerprint density at radius 3 is 2.43 bits per heavy atom. The molecule has 8 heteroatoms. The number of ether oxygens (including phenoxy) is 1. The van der Waals surface area contributed by atoms with Gasteiger partial charge in [-0.05, 0) is 30.2 Å². The summed E-state index contributed by atoms with van der Waals surface area (Å²) in [7, 11) is 0. The number of benzene rings is 2. The zero-order chi connectivity index (χ0) is 21.3. The average Bonchev–Trinajstić information content (AvgIpc) is 2.72. The third-order valence-corrected chi connectivity index (χ3v) is 4.93. The highest BCUT2D eigenvalue weighted by Gasteiger charge is 2.36. The molecule has 152 valence electrons. The fourth-order valence-corrected chi connectivity index (χ4v) is 3.56. The van der Waals surface area contributed by atoms with Gasteiger partial charge < -0.3 is 15.2 Å². The monoisotopic (exact) mass is 405 g/mol. The fourth-order valence-electron chi connectivity index (χ4n) is 3.56. The van der Waals surface area contributed by atoms with Crippen molar-refractivity contribution in [3.63, 3.8) is 0 Å². The lowest BCUT2D eigenvalue weighted by Crippen LogP contribution is -2.34. The molecule has 1 aliphatic rings. The SMILES string of the molecule is CC1=C(C(=O)OCc2ccccc2)C(c2ccc(O)cc2)c2c([nH]c(=O)[nH]c2=O)N1. The highest BCUT2D eigenvalue weighted by atomic mass is 16.5. The third kappa shape index (κ3) is 3.62. The second-order valence-electron chi connectivity index (χ2n) is 6.95. The zero-order valence-electron chi connectivity index (χ0n) is 16.1. The van der Waals surface area contributed by atoms with Crippen LogP contribution in [0.3, 0.4) is 0 Å². The van der Waals surface area contributed by atoms with Crippen molar-refractivity contribution in [1.82, 2.24) is 9.97 Å². The predicted molar refractivity (Wildman–Crippen MR) is 110 cm³/mol. The van der Waals surface area contributed by atoms with Crippen molar-refractivity contribution in [3.05, 3.63) is 103 Å². The number of aromatic nitrogens is 2. The van der Waals surface area contributed by atoms with E-state index in [0.717, 1.165) is 5.56 Å². The van der Waals surface area contributed by atoms with E-state index in [1.54, 1.807) is 19.1 Å². The van der Waals surface area contributed by atoms with E-state index in [1.807, 2.05) is 30.3 Å². The summed E-state index contributed by atoms with van der Waals surface area (Å²) < 4.78 is 5.52. The molecule has 3 aromatic rings. The summed E-state index contributed by atoms with van der Waals surface area (Å²) in [5, 5.41) is 12.6. The van der Waals surface area contributed by atoms with Gasteiger partial charge in [0.25, 0.3) is 5.56 Å². The minimum Gasteiger partial charge on any atom is -0.508 e. The van der Waals surface area contributed by atoms with Crippen LogP contribution in [0, 0.1) is 0 Å². The van der Waals surface area contributed by atoms with Gasteiger partial charge in [0.05, 0.1) is 17.1 Å². The van der Waals surface area contributed by atoms with Gasteiger partial charge in [0.1, 0.15) is 18.2 Å². The molecule has 4 rings (SSSR count). The summed E-state index contributed by atoms with van der Waals surface area (Å²) in [6, 6.07) is 15.4. The van der Waals surface area contributed by atoms with Gasteiger partial charge in [-0.1, -0.05) is 42.5 Å². The molecule has 8 nitrogen and oxygen atoms in total. The minimum atomic E-state index is -0.786. The zero-order valence-corrected chi connectivity index (χ0v) is 16.1. The first-order chi connectivity index (χ1) is 14.4. The van der Waals surface area contributed by atoms with Crippen LogP contribution < -0.4 is 16.6 Å². The molecule has 0 fully saturated rings. The van der Waals surface area contributed by atoms with Crippen LogP contribution in [-0.2, 0) is 16.1 Å². The minimum absolute atomic E-state index is 0.0530. The Morgan fingerprint density at radius 1 is 1.03 bits per heavy atom. The molecule has 0 spiro atoms. The summed E-state index contributed by atoms with van der Waals surface area (Å²) >= 11 is 0. The van der Waals surface area contributed by atoms with E-state index in [9.17, 15) is 19.5 Å². The molecule has 1 aliphatic heterocycles. The number of hydrogen-bond acceptors (Lipinski definition) is 6. The second kappa shape index (κ2) is 7.75. The Kier molecular flexibility index (Phi) is 4.97. The third-order valence-electron chi connectivity index (χ3n) is 4.93. The van der Waals surface area contributed by atoms with Gasteiger partial charge in [0.2, 0.25) is 0 Å². The van der Waals surface area contributed by atoms with Crippen LogP contribution in [0.4, 0.5) is 5.82 Å². The first-order valence-corrected chi connectivity index (χ1v) is 9.28. The molecule has 0 radical (unpaired) electrons. The molecule has 30 heavy (non-hydrogen) atoms. The Bertz CT molecular complexity index is 1240. The first-order valence-electron chi connectivity index (χ1n) is 9.28. The number of phenolic OH excluding ortho intramolecular Hbond substituents is 1. The summed E-state index contributed by atoms with van der Waals surface area (Å²) in [6.45, 7) is 1.75. The van der Waals surface area contributed by atoms with E-state index < -0.39 is 23.1 Å². The highest BCUT2D eigenvalue weighted by molar-refractivity contribution is 5.94. The number of esters is 1. The first kappa shape index (κ1) is 19.3. The van der Waals surface area contributed by atoms with Gasteiger partial charge in [0.15, 0.2) is 0 Å². The summed E-state index contributed by atoms with van der Waals surface area (Å²) in [5.41, 5.74) is 1.06. The molecule has 4 N–H and O–H groups in total. The maximum Gasteiger partial charge on any atom is 0.337 e. The average molecular weight is 405 g/mol. The second-order valence-corrected chi connectivity index (χ2v) is 6.95. The maximum absolute atomic E-state index is 13.1. The molecule has 1 atom stereocenters. The molecule has 0 bridgehead atoms. The van der Waals surface area contributed by atoms with Crippen molar-refractivity contribution in [1.29, 1.82) is 0 Å². The number of H-pyrrole nitrogens is 2. The molecule has 0 aliphatic carbocycles. The highest BCUT2D eigenvalue weighted by Crippen LogP contribution is 2.39. The molecule has 1 aromatic heterocycles. The quantitative estimate of drug-likeness (QED) is 0.494. The van der Waals surface area contributed by atoms with E-state index in [-0.39, 0.29) is 29.3 Å². The van der Waals surface area contributed by atoms with Crippen molar-refractivity contribution in [3.8, 4) is 5.75 Å². The molecule has 0 amide bonds. The van der Waals surface area contributed by atoms with Crippen molar-refractivity contribution in [2.45, 2.75) is 19.4 Å². The molecule has 1 unspecified atom stereocenters. The number of carbonyl (C=O) groups is 1. The lowest BCUT2D eigenvalue weighted by Gasteiger charge is -2.28. The van der Waals surface area contributed by atoms with E-state index in [1.165, 1.54) is 12.1 Å². The van der Waals surface area contributed by atoms with Crippen LogP contribution in [0.1, 0.15) is 29.5 Å². The van der Waals surface area contributed by atoms with E-state index >= 15 is 0 Å². The number of phenols is 1. The number of fused-ring (bicyclic) bond motifs is 1. The van der Waals surface area contributed by atoms with E-state index in [4.69, 9.17) is 4.74 Å². The largest absolute Gasteiger partial charge is 0.508 e. The van der Waals surface area contributed by atoms with Gasteiger partial charge in [-0.2, -0.15) is 0 Å². The van der Waals surface area contributed by atoms with Gasteiger partial charge in [-0.25, -0.2) is 9.59 Å². The van der Waals surface area contributed by atoms with Crippen LogP contribution in [-0.4, -0.2) is 21.0 Å². The number of rotatable bonds is 4. The van der Waals surface area contributed by atoms with E-state index in [0.29, 0.717) is 11.3 Å². The number of aromatic amines is 2. The molecule has 0 saturated heterocycles. The molecular weight excluding hydrogens is 386 g/mol. The van der Waals surface area contributed by atoms with Gasteiger partial charge in [-0.15, -0.1) is 0 Å². The topological polar surface area (TPSA) is 124 Å². The standard InChI is InChI=1S/C22H19N3O5/c1-12-16(21(28)30-11-13-5-3-2-4-6-13)17(14-7-9-15(26)10-8-14)18-19(23-12)24-22(29)25-20(18)27/h2-10,17,26H,11H2,1H3,(H3,23,24,25,27,29). The number of hydrogen-bond donors (Lipinski definition) is 4. The van der Waals surface area contributed by atoms with Crippen molar-refractivity contribution in [2.75, 3.05) is 5.32 Å². The maximum atomic E-state index is 13.1. The number of aromatic hydroxyl groups is 1. The number of allylic oxidation sites excluding steroid dienone is 1. The van der Waals surface area contributed by atoms with Crippen LogP contribution in [0.5, 0.6) is 5.75 Å². The Hall–Kier alpha value is -4.07. The van der Waals surface area contributed by atoms with Gasteiger partial charge >= 0.3 is 11.7 Å². The fraction of sp³-hybridized carbons (Fsp3) is 0.136. The lowest BCUT2D eigenvalue weighted by molar-refractivity contribution is -0.140. The van der Waals surface area contributed by atoms with Gasteiger partial charge in [0, 0.05) is 5.70 Å². The van der Waals surface area contributed by atoms with Crippen molar-refractivity contribution < 1.29 is 14.6 Å². The normalized spacial score (nSPS) is 15.3. The number of nitrogens with one attached hydrogen (secondary N) is 3. The van der Waals surface area contributed by atoms with Crippen LogP contribution in [0.2, 0.25) is 0 Å². The number of anilines is 1. The lowest BCUT2D eigenvalue weighted by atomic mass is 9.82. The summed E-state index contributed by atoms with van der Waals surface area (Å²) in [6.07, 6.45) is 0. The predicted octanol–water partition coefficient (Wildman–Crippen LogP) is 2.34. The van der Waals surface area contributed by atoms with Crippen LogP contribution in [0.15, 0.2) is 75.5 Å². The van der Waals surface area contributed by atoms with Crippen molar-refractivity contribution >= 4 is 11.8 Å². The Morgan fingerprint density at radius 2 is 1.73 bits per heavy atom. The molecular formula is C22H19N3O5. The van der Waals surface area contributed by atoms with Crippen molar-refractivity contribution in [2.24, 2.45) is 0 Å². The van der Waals surface area contributed by atoms with Crippen LogP contribution in [0.25, 0.3) is 0 Å². The molecule has 2 heterocycles. The summed E-state index contributed by atoms with van der Waals surface area (Å²) in [5.74, 6) is -1.10. The molecule has 2 aromatic carbocycles. The van der Waals surface area contributed by atoms with E-state index in [2.05, 4.69) is 15.3 Å². The van der Waals surface area contributed by atoms with Crippen LogP contribution >= 0.6 is 0 Å². The van der Waals surface area contributed by atoms with Gasteiger partial charge in [-0.3, -0.25) is 14.8 Å². The smallest absolute Gasteiger partial charge is 0.337 e. The Balaban J connectivity index is 1.78. The number of carbonyl (C=O) groups excluding carboxylic acids is 1.